The van der Waals surface area contributed by atoms with E-state index in [1.807, 2.05) is 0 Å². The zero-order valence-corrected chi connectivity index (χ0v) is 7.27. The first-order chi connectivity index (χ1) is 6.56. The van der Waals surface area contributed by atoms with Crippen molar-refractivity contribution in [3.63, 3.8) is 0 Å². The quantitative estimate of drug-likeness (QED) is 0.679. The summed E-state index contributed by atoms with van der Waals surface area (Å²) in [4.78, 5) is 10.6. The van der Waals surface area contributed by atoms with Crippen LogP contribution < -0.4 is 5.73 Å². The first kappa shape index (κ1) is 10.5. The van der Waals surface area contributed by atoms with Gasteiger partial charge < -0.3 is 15.9 Å². The van der Waals surface area contributed by atoms with Gasteiger partial charge in [0.25, 0.3) is 0 Å². The Morgan fingerprint density at radius 2 is 2.21 bits per heavy atom. The van der Waals surface area contributed by atoms with Crippen molar-refractivity contribution in [1.29, 1.82) is 0 Å². The maximum atomic E-state index is 12.2. The zero-order chi connectivity index (χ0) is 10.7. The number of carboxylic acids is 1. The summed E-state index contributed by atoms with van der Waals surface area (Å²) < 4.78 is 12.2. The largest absolute Gasteiger partial charge is 0.507 e. The molecular formula is C9H10FNO3. The van der Waals surface area contributed by atoms with Gasteiger partial charge in [-0.1, -0.05) is 6.07 Å². The zero-order valence-electron chi connectivity index (χ0n) is 7.27. The van der Waals surface area contributed by atoms with E-state index in [0.29, 0.717) is 5.56 Å². The van der Waals surface area contributed by atoms with Crippen LogP contribution in [0.3, 0.4) is 0 Å². The van der Waals surface area contributed by atoms with E-state index >= 15 is 0 Å². The minimum Gasteiger partial charge on any atom is -0.507 e. The number of halogens is 1. The van der Waals surface area contributed by atoms with Crippen molar-refractivity contribution in [1.82, 2.24) is 0 Å². The second kappa shape index (κ2) is 4.06. The van der Waals surface area contributed by atoms with E-state index in [1.54, 1.807) is 0 Å². The summed E-state index contributed by atoms with van der Waals surface area (Å²) in [6.45, 7) is -0.774. The van der Waals surface area contributed by atoms with Crippen molar-refractivity contribution in [3.05, 3.63) is 29.3 Å². The molecule has 1 aromatic rings. The van der Waals surface area contributed by atoms with Crippen molar-refractivity contribution in [3.8, 4) is 5.75 Å². The van der Waals surface area contributed by atoms with Crippen LogP contribution in [0.25, 0.3) is 0 Å². The molecule has 0 saturated carbocycles. The van der Waals surface area contributed by atoms with Crippen LogP contribution in [0.5, 0.6) is 5.75 Å². The Morgan fingerprint density at radius 1 is 1.57 bits per heavy atom. The molecule has 4 nitrogen and oxygen atoms in total. The molecule has 5 heteroatoms. The molecule has 1 aromatic carbocycles. The highest BCUT2D eigenvalue weighted by Crippen LogP contribution is 2.21. The molecule has 0 aromatic heterocycles. The normalized spacial score (nSPS) is 12.4. The summed E-state index contributed by atoms with van der Waals surface area (Å²) in [5, 5.41) is 17.8. The molecule has 0 fully saturated rings. The maximum absolute atomic E-state index is 12.2. The monoisotopic (exact) mass is 199 g/mol. The van der Waals surface area contributed by atoms with Gasteiger partial charge in [0, 0.05) is 0 Å². The molecule has 0 spiro atoms. The molecular weight excluding hydrogens is 189 g/mol. The lowest BCUT2D eigenvalue weighted by Gasteiger charge is -2.08. The third kappa shape index (κ3) is 2.00. The molecule has 0 aliphatic carbocycles. The Kier molecular flexibility index (Phi) is 3.03. The fourth-order valence-electron chi connectivity index (χ4n) is 1.04. The van der Waals surface area contributed by atoms with Gasteiger partial charge in [0.15, 0.2) is 0 Å². The van der Waals surface area contributed by atoms with Crippen molar-refractivity contribution >= 4 is 5.97 Å². The molecule has 0 heterocycles. The first-order valence-corrected chi connectivity index (χ1v) is 3.94. The fraction of sp³-hybridized carbons (Fsp3) is 0.222. The number of alkyl halides is 1. The van der Waals surface area contributed by atoms with Gasteiger partial charge in [-0.25, -0.2) is 9.18 Å². The molecule has 1 atom stereocenters. The summed E-state index contributed by atoms with van der Waals surface area (Å²) in [5.41, 5.74) is 5.44. The van der Waals surface area contributed by atoms with Crippen LogP contribution in [0.15, 0.2) is 18.2 Å². The molecule has 4 N–H and O–H groups in total. The minimum absolute atomic E-state index is 0.272. The summed E-state index contributed by atoms with van der Waals surface area (Å²) >= 11 is 0. The number of carboxylic acid groups (broad SMARTS) is 1. The van der Waals surface area contributed by atoms with Crippen molar-refractivity contribution in [2.24, 2.45) is 5.73 Å². The van der Waals surface area contributed by atoms with E-state index in [-0.39, 0.29) is 11.3 Å². The van der Waals surface area contributed by atoms with Crippen molar-refractivity contribution in [2.75, 3.05) is 6.67 Å². The van der Waals surface area contributed by atoms with Crippen LogP contribution in [-0.4, -0.2) is 22.9 Å². The third-order valence-electron chi connectivity index (χ3n) is 1.85. The van der Waals surface area contributed by atoms with Gasteiger partial charge in [-0.15, -0.1) is 0 Å². The summed E-state index contributed by atoms with van der Waals surface area (Å²) in [6, 6.07) is 2.90. The first-order valence-electron chi connectivity index (χ1n) is 3.94. The van der Waals surface area contributed by atoms with E-state index in [1.165, 1.54) is 18.2 Å². The summed E-state index contributed by atoms with van der Waals surface area (Å²) in [7, 11) is 0. The number of aromatic hydroxyl groups is 1. The van der Waals surface area contributed by atoms with Crippen molar-refractivity contribution < 1.29 is 19.4 Å². The van der Waals surface area contributed by atoms with Gasteiger partial charge in [0.2, 0.25) is 0 Å². The molecule has 0 amide bonds. The van der Waals surface area contributed by atoms with Gasteiger partial charge in [-0.2, -0.15) is 0 Å². The lowest BCUT2D eigenvalue weighted by atomic mass is 10.0. The predicted molar refractivity (Wildman–Crippen MR) is 48.0 cm³/mol. The fourth-order valence-corrected chi connectivity index (χ4v) is 1.04. The summed E-state index contributed by atoms with van der Waals surface area (Å²) in [6.07, 6.45) is 0. The molecule has 0 saturated heterocycles. The second-order valence-corrected chi connectivity index (χ2v) is 2.84. The number of hydrogen-bond acceptors (Lipinski definition) is 3. The van der Waals surface area contributed by atoms with E-state index in [9.17, 15) is 9.18 Å². The third-order valence-corrected chi connectivity index (χ3v) is 1.85. The van der Waals surface area contributed by atoms with Crippen molar-refractivity contribution in [2.45, 2.75) is 6.04 Å². The van der Waals surface area contributed by atoms with E-state index in [4.69, 9.17) is 15.9 Å². The Hall–Kier alpha value is -1.62. The lowest BCUT2D eigenvalue weighted by Crippen LogP contribution is -2.13. The molecule has 0 aliphatic rings. The SMILES string of the molecule is N[C@@H](CF)c1ccc(O)c(C(=O)O)c1. The molecule has 1 rings (SSSR count). The molecule has 0 bridgehead atoms. The summed E-state index contributed by atoms with van der Waals surface area (Å²) in [5.74, 6) is -1.62. The number of carbonyl (C=O) groups is 1. The predicted octanol–water partition coefficient (Wildman–Crippen LogP) is 1.06. The Bertz CT molecular complexity index is 354. The highest BCUT2D eigenvalue weighted by atomic mass is 19.1. The van der Waals surface area contributed by atoms with E-state index < -0.39 is 18.7 Å². The molecule has 0 unspecified atom stereocenters. The number of phenols is 1. The van der Waals surface area contributed by atoms with Gasteiger partial charge >= 0.3 is 5.97 Å². The van der Waals surface area contributed by atoms with Crippen LogP contribution in [-0.2, 0) is 0 Å². The van der Waals surface area contributed by atoms with Crippen LogP contribution in [0, 0.1) is 0 Å². The topological polar surface area (TPSA) is 83.5 Å². The van der Waals surface area contributed by atoms with Gasteiger partial charge in [-0.3, -0.25) is 0 Å². The standard InChI is InChI=1S/C9H10FNO3/c10-4-7(11)5-1-2-8(12)6(3-5)9(13)14/h1-3,7,12H,4,11H2,(H,13,14)/t7-/m0/s1. The maximum Gasteiger partial charge on any atom is 0.339 e. The van der Waals surface area contributed by atoms with Gasteiger partial charge in [0.1, 0.15) is 18.0 Å². The Balaban J connectivity index is 3.12. The Morgan fingerprint density at radius 3 is 2.71 bits per heavy atom. The molecule has 14 heavy (non-hydrogen) atoms. The number of aromatic carboxylic acids is 1. The van der Waals surface area contributed by atoms with Gasteiger partial charge in [-0.05, 0) is 17.7 Å². The minimum atomic E-state index is -1.27. The highest BCUT2D eigenvalue weighted by Gasteiger charge is 2.13. The van der Waals surface area contributed by atoms with E-state index in [2.05, 4.69) is 0 Å². The van der Waals surface area contributed by atoms with Crippen LogP contribution in [0.4, 0.5) is 4.39 Å². The molecule has 76 valence electrons. The average Bonchev–Trinajstić information content (AvgIpc) is 2.17. The number of nitrogens with two attached hydrogens (primary N) is 1. The highest BCUT2D eigenvalue weighted by molar-refractivity contribution is 5.90. The van der Waals surface area contributed by atoms with Gasteiger partial charge in [0.05, 0.1) is 6.04 Å². The number of rotatable bonds is 3. The molecule has 0 aliphatic heterocycles. The smallest absolute Gasteiger partial charge is 0.339 e. The lowest BCUT2D eigenvalue weighted by molar-refractivity contribution is 0.0693. The van der Waals surface area contributed by atoms with Crippen LogP contribution in [0.1, 0.15) is 22.0 Å². The van der Waals surface area contributed by atoms with Crippen LogP contribution in [0.2, 0.25) is 0 Å². The Labute approximate surface area is 79.8 Å². The van der Waals surface area contributed by atoms with Crippen LogP contribution >= 0.6 is 0 Å². The van der Waals surface area contributed by atoms with E-state index in [0.717, 1.165) is 0 Å². The number of benzene rings is 1. The molecule has 0 radical (unpaired) electrons. The average molecular weight is 199 g/mol. The second-order valence-electron chi connectivity index (χ2n) is 2.84. The number of hydrogen-bond donors (Lipinski definition) is 3.